The molecule has 1 aromatic rings. The minimum Gasteiger partial charge on any atom is -0.294 e. The highest BCUT2D eigenvalue weighted by Crippen LogP contribution is 2.28. The first-order valence-corrected chi connectivity index (χ1v) is 7.51. The minimum absolute atomic E-state index is 0.0774. The Morgan fingerprint density at radius 2 is 1.65 bits per heavy atom. The molecular formula is C17H24F2O. The van der Waals surface area contributed by atoms with E-state index < -0.39 is 5.92 Å². The van der Waals surface area contributed by atoms with Crippen molar-refractivity contribution >= 4 is 5.78 Å². The van der Waals surface area contributed by atoms with Gasteiger partial charge >= 0.3 is 0 Å². The average Bonchev–Trinajstić information content (AvgIpc) is 2.45. The molecule has 0 bridgehead atoms. The zero-order valence-corrected chi connectivity index (χ0v) is 12.2. The zero-order valence-electron chi connectivity index (χ0n) is 12.2. The van der Waals surface area contributed by atoms with E-state index in [1.165, 1.54) is 0 Å². The normalized spacial score (nSPS) is 11.6. The Morgan fingerprint density at radius 3 is 2.30 bits per heavy atom. The van der Waals surface area contributed by atoms with E-state index in [1.807, 2.05) is 6.07 Å². The Bertz CT molecular complexity index is 387. The van der Waals surface area contributed by atoms with E-state index in [1.54, 1.807) is 24.3 Å². The topological polar surface area (TPSA) is 17.1 Å². The number of carbonyl (C=O) groups excluding carboxylic acids is 1. The van der Waals surface area contributed by atoms with Gasteiger partial charge in [-0.25, -0.2) is 8.78 Å². The summed E-state index contributed by atoms with van der Waals surface area (Å²) in [7, 11) is 0. The molecule has 0 spiro atoms. The Morgan fingerprint density at radius 1 is 1.00 bits per heavy atom. The second-order valence-corrected chi connectivity index (χ2v) is 5.31. The van der Waals surface area contributed by atoms with E-state index in [4.69, 9.17) is 0 Å². The van der Waals surface area contributed by atoms with E-state index in [0.717, 1.165) is 25.7 Å². The van der Waals surface area contributed by atoms with E-state index in [9.17, 15) is 13.6 Å². The molecule has 0 unspecified atom stereocenters. The van der Waals surface area contributed by atoms with Crippen LogP contribution in [0.3, 0.4) is 0 Å². The van der Waals surface area contributed by atoms with Crippen molar-refractivity contribution in [3.63, 3.8) is 0 Å². The number of hydrogen-bond acceptors (Lipinski definition) is 1. The average molecular weight is 282 g/mol. The molecule has 3 heteroatoms. The standard InChI is InChI=1S/C17H24F2O/c1-2-3-4-5-9-13-17(18,19)14-12-16(20)15-10-7-6-8-11-15/h6-8,10-11H,2-5,9,12-14H2,1H3. The first-order valence-electron chi connectivity index (χ1n) is 7.51. The van der Waals surface area contributed by atoms with Crippen LogP contribution in [-0.2, 0) is 0 Å². The van der Waals surface area contributed by atoms with Gasteiger partial charge in [0, 0.05) is 24.8 Å². The van der Waals surface area contributed by atoms with Crippen molar-refractivity contribution in [2.24, 2.45) is 0 Å². The quantitative estimate of drug-likeness (QED) is 0.400. The summed E-state index contributed by atoms with van der Waals surface area (Å²) in [4.78, 5) is 11.8. The summed E-state index contributed by atoms with van der Waals surface area (Å²) < 4.78 is 27.3. The minimum atomic E-state index is -2.71. The largest absolute Gasteiger partial charge is 0.294 e. The molecule has 0 amide bonds. The molecule has 0 saturated heterocycles. The Kier molecular flexibility index (Phi) is 7.42. The smallest absolute Gasteiger partial charge is 0.248 e. The second kappa shape index (κ2) is 8.83. The van der Waals surface area contributed by atoms with Gasteiger partial charge in [-0.1, -0.05) is 62.9 Å². The third-order valence-corrected chi connectivity index (χ3v) is 3.46. The van der Waals surface area contributed by atoms with Gasteiger partial charge < -0.3 is 0 Å². The maximum atomic E-state index is 13.7. The van der Waals surface area contributed by atoms with E-state index in [-0.39, 0.29) is 25.0 Å². The lowest BCUT2D eigenvalue weighted by molar-refractivity contribution is -0.0189. The zero-order chi connectivity index (χ0) is 14.8. The van der Waals surface area contributed by atoms with Crippen LogP contribution >= 0.6 is 0 Å². The summed E-state index contributed by atoms with van der Waals surface area (Å²) in [6.07, 6.45) is 4.14. The lowest BCUT2D eigenvalue weighted by Crippen LogP contribution is -2.17. The summed E-state index contributed by atoms with van der Waals surface area (Å²) in [6, 6.07) is 8.65. The van der Waals surface area contributed by atoms with Gasteiger partial charge in [-0.2, -0.15) is 0 Å². The fraction of sp³-hybridized carbons (Fsp3) is 0.588. The van der Waals surface area contributed by atoms with Crippen LogP contribution in [0.4, 0.5) is 8.78 Å². The third kappa shape index (κ3) is 6.78. The summed E-state index contributed by atoms with van der Waals surface area (Å²) in [5.41, 5.74) is 0.520. The van der Waals surface area contributed by atoms with Gasteiger partial charge in [0.05, 0.1) is 0 Å². The van der Waals surface area contributed by atoms with Gasteiger partial charge in [0.25, 0.3) is 0 Å². The van der Waals surface area contributed by atoms with Crippen LogP contribution in [0.1, 0.15) is 68.6 Å². The van der Waals surface area contributed by atoms with Crippen LogP contribution in [0.15, 0.2) is 30.3 Å². The van der Waals surface area contributed by atoms with Crippen molar-refractivity contribution in [2.45, 2.75) is 64.2 Å². The molecule has 1 nitrogen and oxygen atoms in total. The number of hydrogen-bond donors (Lipinski definition) is 0. The van der Waals surface area contributed by atoms with Crippen molar-refractivity contribution in [3.05, 3.63) is 35.9 Å². The molecule has 0 heterocycles. The van der Waals surface area contributed by atoms with E-state index in [2.05, 4.69) is 6.92 Å². The number of unbranched alkanes of at least 4 members (excludes halogenated alkanes) is 4. The molecule has 0 fully saturated rings. The second-order valence-electron chi connectivity index (χ2n) is 5.31. The molecule has 0 atom stereocenters. The molecule has 1 rings (SSSR count). The van der Waals surface area contributed by atoms with Crippen molar-refractivity contribution in [1.82, 2.24) is 0 Å². The van der Waals surface area contributed by atoms with Crippen molar-refractivity contribution in [1.29, 1.82) is 0 Å². The number of rotatable bonds is 10. The Hall–Kier alpha value is -1.25. The van der Waals surface area contributed by atoms with E-state index >= 15 is 0 Å². The predicted molar refractivity (Wildman–Crippen MR) is 78.3 cm³/mol. The highest BCUT2D eigenvalue weighted by molar-refractivity contribution is 5.95. The van der Waals surface area contributed by atoms with Crippen molar-refractivity contribution < 1.29 is 13.6 Å². The lowest BCUT2D eigenvalue weighted by Gasteiger charge is -2.15. The number of benzene rings is 1. The maximum absolute atomic E-state index is 13.7. The first-order chi connectivity index (χ1) is 9.55. The summed E-state index contributed by atoms with van der Waals surface area (Å²) in [6.45, 7) is 2.10. The Balaban J connectivity index is 2.26. The van der Waals surface area contributed by atoms with Gasteiger partial charge in [0.1, 0.15) is 0 Å². The van der Waals surface area contributed by atoms with Gasteiger partial charge in [-0.3, -0.25) is 4.79 Å². The van der Waals surface area contributed by atoms with Crippen LogP contribution < -0.4 is 0 Å². The molecule has 20 heavy (non-hydrogen) atoms. The molecule has 0 N–H and O–H groups in total. The molecule has 0 aliphatic heterocycles. The molecule has 0 aliphatic carbocycles. The van der Waals surface area contributed by atoms with Crippen LogP contribution in [0.25, 0.3) is 0 Å². The number of alkyl halides is 2. The molecule has 0 aliphatic rings. The van der Waals surface area contributed by atoms with Gasteiger partial charge in [0.15, 0.2) is 5.78 Å². The SMILES string of the molecule is CCCCCCCC(F)(F)CCC(=O)c1ccccc1. The van der Waals surface area contributed by atoms with Crippen LogP contribution in [-0.4, -0.2) is 11.7 Å². The highest BCUT2D eigenvalue weighted by Gasteiger charge is 2.28. The van der Waals surface area contributed by atoms with Gasteiger partial charge in [-0.15, -0.1) is 0 Å². The molecular weight excluding hydrogens is 258 g/mol. The third-order valence-electron chi connectivity index (χ3n) is 3.46. The fourth-order valence-corrected chi connectivity index (χ4v) is 2.18. The van der Waals surface area contributed by atoms with E-state index in [0.29, 0.717) is 12.0 Å². The highest BCUT2D eigenvalue weighted by atomic mass is 19.3. The first kappa shape index (κ1) is 16.8. The van der Waals surface area contributed by atoms with Crippen molar-refractivity contribution in [2.75, 3.05) is 0 Å². The lowest BCUT2D eigenvalue weighted by atomic mass is 10.0. The molecule has 0 saturated carbocycles. The van der Waals surface area contributed by atoms with Crippen LogP contribution in [0.5, 0.6) is 0 Å². The maximum Gasteiger partial charge on any atom is 0.248 e. The predicted octanol–water partition coefficient (Wildman–Crippen LogP) is 5.65. The summed E-state index contributed by atoms with van der Waals surface area (Å²) in [5, 5.41) is 0. The summed E-state index contributed by atoms with van der Waals surface area (Å²) in [5.74, 6) is -2.91. The molecule has 0 radical (unpaired) electrons. The van der Waals surface area contributed by atoms with Gasteiger partial charge in [0.2, 0.25) is 5.92 Å². The number of carbonyl (C=O) groups is 1. The molecule has 1 aromatic carbocycles. The number of Topliss-reactive ketones (excluding diaryl/α,β-unsaturated/α-hetero) is 1. The Labute approximate surface area is 120 Å². The molecule has 0 aromatic heterocycles. The van der Waals surface area contributed by atoms with Gasteiger partial charge in [-0.05, 0) is 6.42 Å². The van der Waals surface area contributed by atoms with Crippen LogP contribution in [0, 0.1) is 0 Å². The monoisotopic (exact) mass is 282 g/mol. The molecule has 112 valence electrons. The fourth-order valence-electron chi connectivity index (χ4n) is 2.18. The number of halogens is 2. The summed E-state index contributed by atoms with van der Waals surface area (Å²) >= 11 is 0. The van der Waals surface area contributed by atoms with Crippen molar-refractivity contribution in [3.8, 4) is 0 Å². The van der Waals surface area contributed by atoms with Crippen LogP contribution in [0.2, 0.25) is 0 Å². The number of ketones is 1.